The van der Waals surface area contributed by atoms with Crippen LogP contribution in [0.15, 0.2) is 41.9 Å². The molecule has 7 heteroatoms. The highest BCUT2D eigenvalue weighted by molar-refractivity contribution is 14.0. The first-order chi connectivity index (χ1) is 12.5. The Bertz CT molecular complexity index is 588. The van der Waals surface area contributed by atoms with Gasteiger partial charge in [-0.05, 0) is 37.0 Å². The Hall–Kier alpha value is -1.77. The smallest absolute Gasteiger partial charge is 0.243 e. The van der Waals surface area contributed by atoms with E-state index in [0.29, 0.717) is 0 Å². The van der Waals surface area contributed by atoms with Crippen molar-refractivity contribution in [2.75, 3.05) is 47.9 Å². The van der Waals surface area contributed by atoms with E-state index in [0.717, 1.165) is 44.1 Å². The van der Waals surface area contributed by atoms with Crippen molar-refractivity contribution >= 4 is 35.8 Å². The number of hydrogen-bond acceptors (Lipinski definition) is 3. The zero-order valence-electron chi connectivity index (χ0n) is 16.9. The topological polar surface area (TPSA) is 57.2 Å². The molecule has 0 aliphatic rings. The van der Waals surface area contributed by atoms with Gasteiger partial charge in [0.15, 0.2) is 5.96 Å². The van der Waals surface area contributed by atoms with E-state index in [2.05, 4.69) is 33.9 Å². The van der Waals surface area contributed by atoms with Crippen LogP contribution in [0.1, 0.15) is 18.4 Å². The van der Waals surface area contributed by atoms with Gasteiger partial charge in [0.25, 0.3) is 0 Å². The van der Waals surface area contributed by atoms with Crippen molar-refractivity contribution in [1.29, 1.82) is 0 Å². The van der Waals surface area contributed by atoms with Crippen molar-refractivity contribution in [2.24, 2.45) is 4.99 Å². The van der Waals surface area contributed by atoms with E-state index in [1.165, 1.54) is 5.56 Å². The Labute approximate surface area is 180 Å². The zero-order valence-corrected chi connectivity index (χ0v) is 19.2. The molecular weight excluding hydrogens is 455 g/mol. The summed E-state index contributed by atoms with van der Waals surface area (Å²) in [6.07, 6.45) is 4.74. The lowest BCUT2D eigenvalue weighted by molar-refractivity contribution is -0.127. The van der Waals surface area contributed by atoms with Gasteiger partial charge in [0.1, 0.15) is 12.3 Å². The minimum Gasteiger partial charge on any atom is -0.497 e. The molecule has 6 nitrogen and oxygen atoms in total. The molecule has 1 N–H and O–H groups in total. The number of allylic oxidation sites excluding steroid dienone is 1. The van der Waals surface area contributed by atoms with Crippen molar-refractivity contribution in [3.05, 3.63) is 42.5 Å². The van der Waals surface area contributed by atoms with Crippen molar-refractivity contribution < 1.29 is 9.53 Å². The lowest BCUT2D eigenvalue weighted by atomic mass is 10.1. The highest BCUT2D eigenvalue weighted by atomic mass is 127. The fourth-order valence-corrected chi connectivity index (χ4v) is 2.29. The standard InChI is InChI=1S/C20H32N4O2.HI/c1-6-7-8-15-24(4)20(22-16-19(25)23(2)3)21-14-13-17-9-11-18(26-5)12-10-17;/h6,9-12H,1,7-8,13-16H2,2-5H3,(H,21,22);1H. The molecule has 0 unspecified atom stereocenters. The van der Waals surface area contributed by atoms with Crippen LogP contribution in [0.5, 0.6) is 5.75 Å². The fraction of sp³-hybridized carbons (Fsp3) is 0.500. The molecular formula is C20H33IN4O2. The van der Waals surface area contributed by atoms with Crippen LogP contribution in [-0.2, 0) is 11.2 Å². The lowest BCUT2D eigenvalue weighted by Crippen LogP contribution is -2.41. The molecule has 0 saturated heterocycles. The summed E-state index contributed by atoms with van der Waals surface area (Å²) in [5.41, 5.74) is 1.22. The van der Waals surface area contributed by atoms with Gasteiger partial charge in [-0.3, -0.25) is 4.79 Å². The maximum absolute atomic E-state index is 11.8. The van der Waals surface area contributed by atoms with Crippen LogP contribution in [-0.4, -0.2) is 69.6 Å². The highest BCUT2D eigenvalue weighted by Gasteiger charge is 2.08. The summed E-state index contributed by atoms with van der Waals surface area (Å²) >= 11 is 0. The second-order valence-electron chi connectivity index (χ2n) is 6.31. The van der Waals surface area contributed by atoms with Crippen LogP contribution in [0.4, 0.5) is 0 Å². The molecule has 0 atom stereocenters. The van der Waals surface area contributed by atoms with E-state index in [-0.39, 0.29) is 36.4 Å². The maximum atomic E-state index is 11.8. The Kier molecular flexibility index (Phi) is 13.4. The Morgan fingerprint density at radius 1 is 1.26 bits per heavy atom. The molecule has 1 rings (SSSR count). The molecule has 0 aliphatic carbocycles. The molecule has 0 bridgehead atoms. The summed E-state index contributed by atoms with van der Waals surface area (Å²) in [4.78, 5) is 19.9. The molecule has 0 aromatic heterocycles. The number of ether oxygens (including phenoxy) is 1. The molecule has 1 aromatic rings. The minimum absolute atomic E-state index is 0. The number of rotatable bonds is 10. The van der Waals surface area contributed by atoms with Crippen LogP contribution in [0.2, 0.25) is 0 Å². The molecule has 0 heterocycles. The molecule has 0 saturated carbocycles. The van der Waals surface area contributed by atoms with Crippen molar-refractivity contribution in [3.63, 3.8) is 0 Å². The first-order valence-electron chi connectivity index (χ1n) is 8.91. The summed E-state index contributed by atoms with van der Waals surface area (Å²) in [5.74, 6) is 1.59. The first-order valence-corrected chi connectivity index (χ1v) is 8.91. The number of hydrogen-bond donors (Lipinski definition) is 1. The lowest BCUT2D eigenvalue weighted by Gasteiger charge is -2.22. The molecule has 27 heavy (non-hydrogen) atoms. The Balaban J connectivity index is 0.00000676. The third-order valence-electron chi connectivity index (χ3n) is 3.98. The summed E-state index contributed by atoms with van der Waals surface area (Å²) in [6, 6.07) is 8.03. The van der Waals surface area contributed by atoms with Gasteiger partial charge in [-0.25, -0.2) is 4.99 Å². The Morgan fingerprint density at radius 3 is 2.48 bits per heavy atom. The van der Waals surface area contributed by atoms with E-state index in [1.54, 1.807) is 26.1 Å². The average Bonchev–Trinajstić information content (AvgIpc) is 2.64. The predicted molar refractivity (Wildman–Crippen MR) is 123 cm³/mol. The average molecular weight is 488 g/mol. The van der Waals surface area contributed by atoms with Gasteiger partial charge in [0.05, 0.1) is 7.11 Å². The number of aliphatic imine (C=N–C) groups is 1. The number of halogens is 1. The number of carbonyl (C=O) groups is 1. The van der Waals surface area contributed by atoms with Crippen molar-refractivity contribution in [1.82, 2.24) is 15.1 Å². The quantitative estimate of drug-likeness (QED) is 0.181. The molecule has 1 aromatic carbocycles. The third-order valence-corrected chi connectivity index (χ3v) is 3.98. The van der Waals surface area contributed by atoms with Gasteiger partial charge < -0.3 is 19.9 Å². The van der Waals surface area contributed by atoms with Crippen molar-refractivity contribution in [2.45, 2.75) is 19.3 Å². The monoisotopic (exact) mass is 488 g/mol. The molecule has 1 amide bonds. The summed E-state index contributed by atoms with van der Waals surface area (Å²) in [6.45, 7) is 5.50. The van der Waals surface area contributed by atoms with Gasteiger partial charge in [-0.1, -0.05) is 18.2 Å². The number of likely N-dealkylation sites (N-methyl/N-ethyl adjacent to an activating group) is 1. The maximum Gasteiger partial charge on any atom is 0.243 e. The number of guanidine groups is 1. The molecule has 0 aliphatic heterocycles. The van der Waals surface area contributed by atoms with E-state index < -0.39 is 0 Å². The van der Waals surface area contributed by atoms with E-state index >= 15 is 0 Å². The summed E-state index contributed by atoms with van der Waals surface area (Å²) in [5, 5.41) is 3.37. The van der Waals surface area contributed by atoms with Gasteiger partial charge in [-0.15, -0.1) is 30.6 Å². The highest BCUT2D eigenvalue weighted by Crippen LogP contribution is 2.11. The first kappa shape index (κ1) is 25.2. The van der Waals surface area contributed by atoms with E-state index in [1.807, 2.05) is 25.3 Å². The molecule has 0 spiro atoms. The molecule has 0 radical (unpaired) electrons. The summed E-state index contributed by atoms with van der Waals surface area (Å²) in [7, 11) is 7.13. The van der Waals surface area contributed by atoms with Crippen LogP contribution < -0.4 is 10.1 Å². The van der Waals surface area contributed by atoms with Crippen LogP contribution in [0, 0.1) is 0 Å². The molecule has 152 valence electrons. The largest absolute Gasteiger partial charge is 0.497 e. The number of benzene rings is 1. The normalized spacial score (nSPS) is 10.6. The van der Waals surface area contributed by atoms with Gasteiger partial charge >= 0.3 is 0 Å². The van der Waals surface area contributed by atoms with E-state index in [9.17, 15) is 4.79 Å². The van der Waals surface area contributed by atoms with Crippen LogP contribution >= 0.6 is 24.0 Å². The number of carbonyl (C=O) groups excluding carboxylic acids is 1. The number of unbranched alkanes of at least 4 members (excludes halogenated alkanes) is 1. The number of nitrogens with zero attached hydrogens (tertiary/aromatic N) is 3. The van der Waals surface area contributed by atoms with Crippen molar-refractivity contribution in [3.8, 4) is 5.75 Å². The summed E-state index contributed by atoms with van der Waals surface area (Å²) < 4.78 is 5.18. The van der Waals surface area contributed by atoms with Crippen LogP contribution in [0.25, 0.3) is 0 Å². The number of methoxy groups -OCH3 is 1. The second-order valence-corrected chi connectivity index (χ2v) is 6.31. The van der Waals surface area contributed by atoms with Gasteiger partial charge in [0.2, 0.25) is 5.91 Å². The minimum atomic E-state index is -0.0149. The predicted octanol–water partition coefficient (Wildman–Crippen LogP) is 2.79. The Morgan fingerprint density at radius 2 is 1.93 bits per heavy atom. The number of amides is 1. The van der Waals surface area contributed by atoms with Gasteiger partial charge in [-0.2, -0.15) is 0 Å². The van der Waals surface area contributed by atoms with Gasteiger partial charge in [0, 0.05) is 34.2 Å². The molecule has 0 fully saturated rings. The third kappa shape index (κ3) is 10.2. The van der Waals surface area contributed by atoms with E-state index in [4.69, 9.17) is 4.74 Å². The number of nitrogens with one attached hydrogen (secondary N) is 1. The SMILES string of the molecule is C=CCCCN(C)C(=NCC(=O)N(C)C)NCCc1ccc(OC)cc1.I. The second kappa shape index (κ2) is 14.3. The van der Waals surface area contributed by atoms with Crippen LogP contribution in [0.3, 0.4) is 0 Å². The fourth-order valence-electron chi connectivity index (χ4n) is 2.29. The zero-order chi connectivity index (χ0) is 19.4.